The van der Waals surface area contributed by atoms with E-state index in [0.717, 1.165) is 30.9 Å². The Morgan fingerprint density at radius 2 is 2.03 bits per heavy atom. The minimum Gasteiger partial charge on any atom is -0.494 e. The van der Waals surface area contributed by atoms with Gasteiger partial charge in [-0.2, -0.15) is 0 Å². The van der Waals surface area contributed by atoms with E-state index in [9.17, 15) is 12.8 Å². The molecule has 0 saturated carbocycles. The van der Waals surface area contributed by atoms with Crippen molar-refractivity contribution in [3.63, 3.8) is 0 Å². The molecule has 1 N–H and O–H groups in total. The topological polar surface area (TPSA) is 74.2 Å². The number of hydrogen-bond acceptors (Lipinski definition) is 4. The number of piperidine rings is 1. The maximum Gasteiger partial charge on any atom is 0.211 e. The smallest absolute Gasteiger partial charge is 0.211 e. The molecule has 1 aliphatic rings. The van der Waals surface area contributed by atoms with Crippen molar-refractivity contribution < 1.29 is 17.5 Å². The highest BCUT2D eigenvalue weighted by molar-refractivity contribution is 14.0. The Labute approximate surface area is 190 Å². The lowest BCUT2D eigenvalue weighted by atomic mass is 9.98. The quantitative estimate of drug-likeness (QED) is 0.326. The van der Waals surface area contributed by atoms with Gasteiger partial charge in [0, 0.05) is 39.8 Å². The van der Waals surface area contributed by atoms with Crippen LogP contribution in [0.1, 0.15) is 25.3 Å². The number of guanidine groups is 1. The predicted molar refractivity (Wildman–Crippen MR) is 125 cm³/mol. The molecule has 1 aliphatic heterocycles. The minimum absolute atomic E-state index is 0. The number of ether oxygens (including phenoxy) is 1. The van der Waals surface area contributed by atoms with Crippen LogP contribution in [0, 0.1) is 11.7 Å². The average molecular weight is 542 g/mol. The summed E-state index contributed by atoms with van der Waals surface area (Å²) < 4.78 is 43.6. The second-order valence-electron chi connectivity index (χ2n) is 7.13. The highest BCUT2D eigenvalue weighted by atomic mass is 127. The van der Waals surface area contributed by atoms with Gasteiger partial charge >= 0.3 is 0 Å². The van der Waals surface area contributed by atoms with Gasteiger partial charge in [0.15, 0.2) is 17.5 Å². The number of hydrogen-bond donors (Lipinski definition) is 1. The van der Waals surface area contributed by atoms with Gasteiger partial charge in [-0.1, -0.05) is 6.07 Å². The van der Waals surface area contributed by atoms with Gasteiger partial charge in [-0.25, -0.2) is 17.1 Å². The number of nitrogens with one attached hydrogen (secondary N) is 1. The maximum atomic E-state index is 13.9. The number of methoxy groups -OCH3 is 1. The predicted octanol–water partition coefficient (Wildman–Crippen LogP) is 2.52. The summed E-state index contributed by atoms with van der Waals surface area (Å²) in [5.74, 6) is 0.961. The van der Waals surface area contributed by atoms with E-state index >= 15 is 0 Å². The van der Waals surface area contributed by atoms with Gasteiger partial charge in [0.1, 0.15) is 0 Å². The number of benzene rings is 1. The van der Waals surface area contributed by atoms with Crippen molar-refractivity contribution in [2.75, 3.05) is 46.6 Å². The van der Waals surface area contributed by atoms with Crippen molar-refractivity contribution >= 4 is 40.0 Å². The van der Waals surface area contributed by atoms with Gasteiger partial charge in [0.25, 0.3) is 0 Å². The molecule has 1 fully saturated rings. The van der Waals surface area contributed by atoms with Crippen molar-refractivity contribution in [3.05, 3.63) is 29.6 Å². The minimum atomic E-state index is -3.11. The number of rotatable bonds is 7. The standard InChI is InChI=1S/C19H31FN4O3S.HI/c1-5-21-19(22-13-15-8-10-24(11-9-15)28(4,25)26)23(2)14-16-6-7-18(27-3)17(20)12-16;/h6-7,12,15H,5,8-11,13-14H2,1-4H3,(H,21,22);1H. The van der Waals surface area contributed by atoms with Gasteiger partial charge in [0.2, 0.25) is 10.0 Å². The van der Waals surface area contributed by atoms with E-state index in [1.165, 1.54) is 23.7 Å². The average Bonchev–Trinajstić information content (AvgIpc) is 2.65. The molecule has 1 aromatic carbocycles. The van der Waals surface area contributed by atoms with E-state index in [1.807, 2.05) is 24.9 Å². The molecule has 0 unspecified atom stereocenters. The zero-order valence-electron chi connectivity index (χ0n) is 17.5. The number of nitrogens with zero attached hydrogens (tertiary/aromatic N) is 3. The summed E-state index contributed by atoms with van der Waals surface area (Å²) >= 11 is 0. The summed E-state index contributed by atoms with van der Waals surface area (Å²) in [5.41, 5.74) is 0.827. The van der Waals surface area contributed by atoms with Crippen molar-refractivity contribution in [1.82, 2.24) is 14.5 Å². The van der Waals surface area contributed by atoms with Crippen LogP contribution in [-0.4, -0.2) is 70.2 Å². The van der Waals surface area contributed by atoms with Gasteiger partial charge in [0.05, 0.1) is 13.4 Å². The molecule has 0 aliphatic carbocycles. The van der Waals surface area contributed by atoms with Crippen LogP contribution in [0.25, 0.3) is 0 Å². The fraction of sp³-hybridized carbons (Fsp3) is 0.632. The molecule has 0 atom stereocenters. The number of aliphatic imine (C=N–C) groups is 1. The molecule has 0 aromatic heterocycles. The fourth-order valence-electron chi connectivity index (χ4n) is 3.27. The summed E-state index contributed by atoms with van der Waals surface area (Å²) in [6.45, 7) is 4.99. The second kappa shape index (κ2) is 11.9. The first-order chi connectivity index (χ1) is 13.2. The van der Waals surface area contributed by atoms with Crippen LogP contribution in [0.15, 0.2) is 23.2 Å². The molecule has 0 bridgehead atoms. The third-order valence-electron chi connectivity index (χ3n) is 4.87. The van der Waals surface area contributed by atoms with E-state index in [4.69, 9.17) is 9.73 Å². The lowest BCUT2D eigenvalue weighted by Gasteiger charge is -2.30. The van der Waals surface area contributed by atoms with Crippen LogP contribution >= 0.6 is 24.0 Å². The molecule has 0 radical (unpaired) electrons. The second-order valence-corrected chi connectivity index (χ2v) is 9.11. The Morgan fingerprint density at radius 1 is 1.38 bits per heavy atom. The molecular formula is C19H32FIN4O3S. The maximum absolute atomic E-state index is 13.9. The molecule has 0 spiro atoms. The Hall–Kier alpha value is -1.14. The van der Waals surface area contributed by atoms with E-state index in [-0.39, 0.29) is 35.5 Å². The van der Waals surface area contributed by atoms with Crippen molar-refractivity contribution in [2.45, 2.75) is 26.3 Å². The highest BCUT2D eigenvalue weighted by Crippen LogP contribution is 2.20. The highest BCUT2D eigenvalue weighted by Gasteiger charge is 2.24. The first kappa shape index (κ1) is 25.9. The van der Waals surface area contributed by atoms with Crippen molar-refractivity contribution in [1.29, 1.82) is 0 Å². The zero-order valence-corrected chi connectivity index (χ0v) is 20.7. The van der Waals surface area contributed by atoms with Gasteiger partial charge in [-0.15, -0.1) is 24.0 Å². The summed E-state index contributed by atoms with van der Waals surface area (Å²) in [5, 5.41) is 3.26. The van der Waals surface area contributed by atoms with Crippen LogP contribution in [0.4, 0.5) is 4.39 Å². The molecule has 10 heteroatoms. The molecule has 1 saturated heterocycles. The van der Waals surface area contributed by atoms with Crippen LogP contribution in [0.5, 0.6) is 5.75 Å². The Bertz CT molecular complexity index is 784. The zero-order chi connectivity index (χ0) is 20.7. The normalized spacial score (nSPS) is 16.2. The molecule has 7 nitrogen and oxygen atoms in total. The molecule has 2 rings (SSSR count). The summed E-state index contributed by atoms with van der Waals surface area (Å²) in [7, 11) is 0.249. The van der Waals surface area contributed by atoms with E-state index in [2.05, 4.69) is 5.32 Å². The van der Waals surface area contributed by atoms with Crippen LogP contribution in [0.3, 0.4) is 0 Å². The van der Waals surface area contributed by atoms with Gasteiger partial charge < -0.3 is 15.0 Å². The van der Waals surface area contributed by atoms with E-state index in [1.54, 1.807) is 6.07 Å². The Morgan fingerprint density at radius 3 is 2.55 bits per heavy atom. The first-order valence-corrected chi connectivity index (χ1v) is 11.4. The number of sulfonamides is 1. The van der Waals surface area contributed by atoms with Crippen LogP contribution in [-0.2, 0) is 16.6 Å². The molecule has 166 valence electrons. The first-order valence-electron chi connectivity index (χ1n) is 9.51. The van der Waals surface area contributed by atoms with Crippen LogP contribution in [0.2, 0.25) is 0 Å². The van der Waals surface area contributed by atoms with Gasteiger partial charge in [-0.3, -0.25) is 4.99 Å². The third kappa shape index (κ3) is 7.89. The van der Waals surface area contributed by atoms with E-state index in [0.29, 0.717) is 32.1 Å². The summed E-state index contributed by atoms with van der Waals surface area (Å²) in [6.07, 6.45) is 2.87. The monoisotopic (exact) mass is 542 g/mol. The molecule has 0 amide bonds. The summed E-state index contributed by atoms with van der Waals surface area (Å²) in [6, 6.07) is 4.93. The Balaban J connectivity index is 0.00000420. The largest absolute Gasteiger partial charge is 0.494 e. The summed E-state index contributed by atoms with van der Waals surface area (Å²) in [4.78, 5) is 6.68. The van der Waals surface area contributed by atoms with Gasteiger partial charge in [-0.05, 0) is 43.4 Å². The lowest BCUT2D eigenvalue weighted by Crippen LogP contribution is -2.40. The van der Waals surface area contributed by atoms with Crippen LogP contribution < -0.4 is 10.1 Å². The van der Waals surface area contributed by atoms with Crippen molar-refractivity contribution in [3.8, 4) is 5.75 Å². The molecular weight excluding hydrogens is 510 g/mol. The lowest BCUT2D eigenvalue weighted by molar-refractivity contribution is 0.279. The Kier molecular flexibility index (Phi) is 10.6. The van der Waals surface area contributed by atoms with Crippen molar-refractivity contribution in [2.24, 2.45) is 10.9 Å². The molecule has 29 heavy (non-hydrogen) atoms. The SMILES string of the molecule is CCNC(=NCC1CCN(S(C)(=O)=O)CC1)N(C)Cc1ccc(OC)c(F)c1.I. The molecule has 1 heterocycles. The third-order valence-corrected chi connectivity index (χ3v) is 6.18. The van der Waals surface area contributed by atoms with E-state index < -0.39 is 10.0 Å². The fourth-order valence-corrected chi connectivity index (χ4v) is 4.14. The number of halogens is 2. The molecule has 1 aromatic rings.